The van der Waals surface area contributed by atoms with Crippen LogP contribution < -0.4 is 10.6 Å². The molecule has 3 rings (SSSR count). The molecular weight excluding hydrogens is 463 g/mol. The van der Waals surface area contributed by atoms with Crippen molar-refractivity contribution < 1.29 is 27.4 Å². The number of ether oxygens (including phenoxy) is 1. The molecule has 1 atom stereocenters. The molecule has 3 N–H and O–H groups in total. The minimum absolute atomic E-state index is 0.0263. The number of rotatable bonds is 10. The van der Waals surface area contributed by atoms with Crippen molar-refractivity contribution in [3.63, 3.8) is 0 Å². The van der Waals surface area contributed by atoms with Crippen LogP contribution in [0, 0.1) is 5.82 Å². The second kappa shape index (κ2) is 11.0. The number of benzene rings is 2. The highest BCUT2D eigenvalue weighted by atomic mass is 32.2. The number of hydrogen-bond donors (Lipinski definition) is 3. The number of aliphatic hydroxyl groups is 1. The summed E-state index contributed by atoms with van der Waals surface area (Å²) in [5.74, 6) is -1.41. The van der Waals surface area contributed by atoms with E-state index in [0.717, 1.165) is 24.0 Å². The number of carbonyl (C=O) groups is 1. The van der Waals surface area contributed by atoms with Crippen LogP contribution in [0.1, 0.15) is 22.8 Å². The highest BCUT2D eigenvalue weighted by Gasteiger charge is 2.20. The molecule has 11 heteroatoms. The van der Waals surface area contributed by atoms with E-state index in [9.17, 15) is 22.7 Å². The molecule has 0 aliphatic carbocycles. The lowest BCUT2D eigenvalue weighted by molar-refractivity contribution is 0.0526. The van der Waals surface area contributed by atoms with Gasteiger partial charge in [-0.3, -0.25) is 0 Å². The maximum absolute atomic E-state index is 14.2. The van der Waals surface area contributed by atoms with Gasteiger partial charge in [-0.1, -0.05) is 30.3 Å². The summed E-state index contributed by atoms with van der Waals surface area (Å²) in [5, 5.41) is 15.7. The van der Waals surface area contributed by atoms with Crippen LogP contribution in [0.4, 0.5) is 21.8 Å². The number of hydrogen-bond acceptors (Lipinski definition) is 9. The summed E-state index contributed by atoms with van der Waals surface area (Å²) in [4.78, 5) is 20.4. The average Bonchev–Trinajstić information content (AvgIpc) is 2.79. The second-order valence-corrected chi connectivity index (χ2v) is 9.42. The number of esters is 1. The van der Waals surface area contributed by atoms with Gasteiger partial charge in [0, 0.05) is 18.1 Å². The first-order valence-electron chi connectivity index (χ1n) is 10.4. The summed E-state index contributed by atoms with van der Waals surface area (Å²) in [7, 11) is -3.71. The van der Waals surface area contributed by atoms with Gasteiger partial charge in [0.15, 0.2) is 9.84 Å². The Hall–Kier alpha value is -3.57. The minimum atomic E-state index is -3.71. The van der Waals surface area contributed by atoms with E-state index >= 15 is 0 Å². The van der Waals surface area contributed by atoms with Crippen molar-refractivity contribution >= 4 is 33.3 Å². The Morgan fingerprint density at radius 1 is 1.21 bits per heavy atom. The number of nitrogens with zero attached hydrogens (tertiary/aromatic N) is 2. The third kappa shape index (κ3) is 6.49. The maximum atomic E-state index is 14.2. The summed E-state index contributed by atoms with van der Waals surface area (Å²) in [5.41, 5.74) is 1.25. The van der Waals surface area contributed by atoms with E-state index in [0.29, 0.717) is 6.42 Å². The number of aromatic nitrogens is 2. The number of nitrogens with one attached hydrogen (secondary N) is 2. The first-order chi connectivity index (χ1) is 16.2. The van der Waals surface area contributed by atoms with Crippen molar-refractivity contribution in [1.82, 2.24) is 9.97 Å². The van der Waals surface area contributed by atoms with Crippen LogP contribution in [0.25, 0.3) is 0 Å². The number of sulfone groups is 1. The number of halogens is 1. The van der Waals surface area contributed by atoms with Gasteiger partial charge in [-0.25, -0.2) is 22.6 Å². The SMILES string of the molecule is CCOC(=O)c1cnc(Nc2ccc(S(C)(=O)=O)c(F)c2)nc1N[C@H](CO)Cc1ccccc1. The molecule has 0 spiro atoms. The van der Waals surface area contributed by atoms with Gasteiger partial charge in [-0.2, -0.15) is 4.98 Å². The summed E-state index contributed by atoms with van der Waals surface area (Å²) < 4.78 is 42.6. The van der Waals surface area contributed by atoms with E-state index in [-0.39, 0.29) is 36.2 Å². The topological polar surface area (TPSA) is 131 Å². The molecule has 0 saturated heterocycles. The van der Waals surface area contributed by atoms with Gasteiger partial charge >= 0.3 is 5.97 Å². The summed E-state index contributed by atoms with van der Waals surface area (Å²) >= 11 is 0. The smallest absolute Gasteiger partial charge is 0.343 e. The Balaban J connectivity index is 1.89. The normalized spacial score (nSPS) is 12.1. The highest BCUT2D eigenvalue weighted by molar-refractivity contribution is 7.90. The molecule has 180 valence electrons. The molecule has 0 aliphatic rings. The Kier molecular flexibility index (Phi) is 8.13. The zero-order chi connectivity index (χ0) is 24.7. The van der Waals surface area contributed by atoms with Crippen LogP contribution >= 0.6 is 0 Å². The van der Waals surface area contributed by atoms with Gasteiger partial charge in [0.05, 0.1) is 19.3 Å². The quantitative estimate of drug-likeness (QED) is 0.369. The first-order valence-corrected chi connectivity index (χ1v) is 12.3. The van der Waals surface area contributed by atoms with Gasteiger partial charge in [-0.05, 0) is 37.1 Å². The molecule has 0 fully saturated rings. The predicted octanol–water partition coefficient (Wildman–Crippen LogP) is 2.96. The molecule has 0 radical (unpaired) electrons. The molecule has 3 aromatic rings. The lowest BCUT2D eigenvalue weighted by Gasteiger charge is -2.19. The molecule has 9 nitrogen and oxygen atoms in total. The van der Waals surface area contributed by atoms with Gasteiger partial charge in [0.25, 0.3) is 0 Å². The molecule has 2 aromatic carbocycles. The van der Waals surface area contributed by atoms with Crippen LogP contribution in [0.2, 0.25) is 0 Å². The summed E-state index contributed by atoms with van der Waals surface area (Å²) in [6.45, 7) is 1.59. The fourth-order valence-electron chi connectivity index (χ4n) is 3.17. The summed E-state index contributed by atoms with van der Waals surface area (Å²) in [6.07, 6.45) is 2.64. The van der Waals surface area contributed by atoms with Gasteiger partial charge in [0.1, 0.15) is 22.1 Å². The molecule has 0 aliphatic heterocycles. The van der Waals surface area contributed by atoms with E-state index in [2.05, 4.69) is 20.6 Å². The van der Waals surface area contributed by atoms with E-state index in [1.54, 1.807) is 6.92 Å². The largest absolute Gasteiger partial charge is 0.462 e. The highest BCUT2D eigenvalue weighted by Crippen LogP contribution is 2.23. The standard InChI is InChI=1S/C23H25FN4O5S/c1-3-33-22(30)18-13-25-23(27-16-9-10-20(19(24)12-16)34(2,31)32)28-21(18)26-17(14-29)11-15-7-5-4-6-8-15/h4-10,12-13,17,29H,3,11,14H2,1-2H3,(H2,25,26,27,28)/t17-/m0/s1. The van der Waals surface area contributed by atoms with Crippen molar-refractivity contribution in [1.29, 1.82) is 0 Å². The number of anilines is 3. The van der Waals surface area contributed by atoms with E-state index < -0.39 is 32.6 Å². The molecule has 0 unspecified atom stereocenters. The minimum Gasteiger partial charge on any atom is -0.462 e. The Bertz CT molecular complexity index is 1260. The lowest BCUT2D eigenvalue weighted by atomic mass is 10.1. The Morgan fingerprint density at radius 3 is 2.56 bits per heavy atom. The van der Waals surface area contributed by atoms with Crippen molar-refractivity contribution in [2.75, 3.05) is 30.1 Å². The lowest BCUT2D eigenvalue weighted by Crippen LogP contribution is -2.28. The van der Waals surface area contributed by atoms with Gasteiger partial charge in [-0.15, -0.1) is 0 Å². The van der Waals surface area contributed by atoms with Gasteiger partial charge in [0.2, 0.25) is 5.95 Å². The van der Waals surface area contributed by atoms with Crippen LogP contribution in [0.15, 0.2) is 59.6 Å². The molecule has 1 aromatic heterocycles. The molecule has 0 saturated carbocycles. The Labute approximate surface area is 196 Å². The third-order valence-electron chi connectivity index (χ3n) is 4.76. The average molecular weight is 489 g/mol. The van der Waals surface area contributed by atoms with Crippen LogP contribution in [-0.2, 0) is 21.0 Å². The van der Waals surface area contributed by atoms with E-state index in [1.807, 2.05) is 30.3 Å². The molecule has 1 heterocycles. The number of aliphatic hydroxyl groups excluding tert-OH is 1. The van der Waals surface area contributed by atoms with Crippen molar-refractivity contribution in [2.45, 2.75) is 24.3 Å². The van der Waals surface area contributed by atoms with E-state index in [1.165, 1.54) is 12.3 Å². The Morgan fingerprint density at radius 2 is 1.94 bits per heavy atom. The molecular formula is C23H25FN4O5S. The predicted molar refractivity (Wildman–Crippen MR) is 125 cm³/mol. The van der Waals surface area contributed by atoms with Crippen molar-refractivity contribution in [3.05, 3.63) is 71.7 Å². The van der Waals surface area contributed by atoms with Crippen LogP contribution in [0.5, 0.6) is 0 Å². The van der Waals surface area contributed by atoms with Gasteiger partial charge < -0.3 is 20.5 Å². The maximum Gasteiger partial charge on any atom is 0.343 e. The fourth-order valence-corrected chi connectivity index (χ4v) is 3.90. The monoisotopic (exact) mass is 488 g/mol. The molecule has 34 heavy (non-hydrogen) atoms. The van der Waals surface area contributed by atoms with Crippen LogP contribution in [0.3, 0.4) is 0 Å². The second-order valence-electron chi connectivity index (χ2n) is 7.43. The molecule has 0 amide bonds. The van der Waals surface area contributed by atoms with Crippen LogP contribution in [-0.4, -0.2) is 55.0 Å². The fraction of sp³-hybridized carbons (Fsp3) is 0.261. The van der Waals surface area contributed by atoms with Crippen molar-refractivity contribution in [2.24, 2.45) is 0 Å². The molecule has 0 bridgehead atoms. The van der Waals surface area contributed by atoms with Crippen molar-refractivity contribution in [3.8, 4) is 0 Å². The summed E-state index contributed by atoms with van der Waals surface area (Å²) in [6, 6.07) is 12.5. The number of carbonyl (C=O) groups excluding carboxylic acids is 1. The van der Waals surface area contributed by atoms with E-state index in [4.69, 9.17) is 4.74 Å². The third-order valence-corrected chi connectivity index (χ3v) is 5.89. The first kappa shape index (κ1) is 25.1. The zero-order valence-corrected chi connectivity index (χ0v) is 19.5. The zero-order valence-electron chi connectivity index (χ0n) is 18.7.